The summed E-state index contributed by atoms with van der Waals surface area (Å²) in [5.41, 5.74) is 6.98. The molecule has 2 N–H and O–H groups in total. The SMILES string of the molecule is Cn1nc(-c2nc3c(-c4ccc(F)cc4)cncc3[nH]2)c2nc(-c3cncc(OC4CCNCC4)c3)ccc21. The Morgan fingerprint density at radius 1 is 0.897 bits per heavy atom. The third-order valence-corrected chi connectivity index (χ3v) is 7.07. The number of nitrogens with zero attached hydrogens (tertiary/aromatic N) is 6. The first-order chi connectivity index (χ1) is 19.1. The van der Waals surface area contributed by atoms with Gasteiger partial charge in [-0.3, -0.25) is 14.6 Å². The number of piperidine rings is 1. The molecule has 1 fully saturated rings. The fraction of sp³-hybridized carbons (Fsp3) is 0.207. The number of ether oxygens (including phenoxy) is 1. The van der Waals surface area contributed by atoms with Crippen molar-refractivity contribution < 1.29 is 9.13 Å². The van der Waals surface area contributed by atoms with E-state index >= 15 is 0 Å². The van der Waals surface area contributed by atoms with Crippen LogP contribution in [0.1, 0.15) is 12.8 Å². The molecule has 1 saturated heterocycles. The molecule has 0 bridgehead atoms. The number of aryl methyl sites for hydroxylation is 1. The van der Waals surface area contributed by atoms with Gasteiger partial charge in [-0.15, -0.1) is 0 Å². The predicted molar refractivity (Wildman–Crippen MR) is 147 cm³/mol. The maximum Gasteiger partial charge on any atom is 0.161 e. The highest BCUT2D eigenvalue weighted by molar-refractivity contribution is 5.96. The maximum atomic E-state index is 13.5. The van der Waals surface area contributed by atoms with Gasteiger partial charge in [-0.05, 0) is 61.8 Å². The van der Waals surface area contributed by atoms with E-state index in [4.69, 9.17) is 19.8 Å². The normalized spacial score (nSPS) is 14.3. The van der Waals surface area contributed by atoms with E-state index in [0.29, 0.717) is 11.5 Å². The molecule has 0 amide bonds. The van der Waals surface area contributed by atoms with E-state index in [1.807, 2.05) is 25.2 Å². The van der Waals surface area contributed by atoms with Gasteiger partial charge in [0, 0.05) is 30.6 Å². The molecule has 0 unspecified atom stereocenters. The summed E-state index contributed by atoms with van der Waals surface area (Å²) in [7, 11) is 1.89. The van der Waals surface area contributed by atoms with Crippen LogP contribution >= 0.6 is 0 Å². The zero-order chi connectivity index (χ0) is 26.3. The van der Waals surface area contributed by atoms with E-state index in [9.17, 15) is 4.39 Å². The van der Waals surface area contributed by atoms with Crippen molar-refractivity contribution in [2.45, 2.75) is 18.9 Å². The quantitative estimate of drug-likeness (QED) is 0.333. The number of pyridine rings is 3. The standard InChI is InChI=1S/C29H25FN8O/c1-38-25-7-6-23(18-12-21(14-32-13-18)39-20-8-10-31-11-9-20)34-27(25)28(37-38)29-35-24-16-33-15-22(26(24)36-29)17-2-4-19(30)5-3-17/h2-7,12-16,20,31H,8-11H2,1H3,(H,35,36). The fourth-order valence-corrected chi connectivity index (χ4v) is 5.07. The van der Waals surface area contributed by atoms with Crippen molar-refractivity contribution in [1.82, 2.24) is 40.0 Å². The van der Waals surface area contributed by atoms with Crippen molar-refractivity contribution in [2.75, 3.05) is 13.1 Å². The summed E-state index contributed by atoms with van der Waals surface area (Å²) < 4.78 is 21.5. The lowest BCUT2D eigenvalue weighted by atomic mass is 10.1. The zero-order valence-electron chi connectivity index (χ0n) is 21.2. The smallest absolute Gasteiger partial charge is 0.161 e. The minimum atomic E-state index is -0.290. The molecule has 194 valence electrons. The van der Waals surface area contributed by atoms with Crippen molar-refractivity contribution in [2.24, 2.45) is 7.05 Å². The lowest BCUT2D eigenvalue weighted by Gasteiger charge is -2.23. The second kappa shape index (κ2) is 9.55. The Kier molecular flexibility index (Phi) is 5.74. The van der Waals surface area contributed by atoms with Crippen molar-refractivity contribution in [3.8, 4) is 39.7 Å². The molecule has 0 aliphatic carbocycles. The molecular weight excluding hydrogens is 495 g/mol. The maximum absolute atomic E-state index is 13.5. The average molecular weight is 521 g/mol. The number of aromatic nitrogens is 7. The number of benzene rings is 1. The Labute approximate surface area is 223 Å². The molecule has 1 aliphatic heterocycles. The minimum absolute atomic E-state index is 0.186. The van der Waals surface area contributed by atoms with Gasteiger partial charge in [0.15, 0.2) is 11.5 Å². The molecular formula is C29H25FN8O. The van der Waals surface area contributed by atoms with Crippen molar-refractivity contribution >= 4 is 22.1 Å². The molecule has 9 nitrogen and oxygen atoms in total. The average Bonchev–Trinajstić information content (AvgIpc) is 3.55. The number of fused-ring (bicyclic) bond motifs is 2. The van der Waals surface area contributed by atoms with Crippen LogP contribution < -0.4 is 10.1 Å². The highest BCUT2D eigenvalue weighted by Gasteiger charge is 2.19. The highest BCUT2D eigenvalue weighted by atomic mass is 19.1. The highest BCUT2D eigenvalue weighted by Crippen LogP contribution is 2.32. The minimum Gasteiger partial charge on any atom is -0.489 e. The summed E-state index contributed by atoms with van der Waals surface area (Å²) >= 11 is 0. The first-order valence-electron chi connectivity index (χ1n) is 12.9. The summed E-state index contributed by atoms with van der Waals surface area (Å²) in [5.74, 6) is 1.03. The van der Waals surface area contributed by atoms with E-state index in [-0.39, 0.29) is 11.9 Å². The van der Waals surface area contributed by atoms with Gasteiger partial charge in [0.1, 0.15) is 23.2 Å². The third-order valence-electron chi connectivity index (χ3n) is 7.07. The van der Waals surface area contributed by atoms with Gasteiger partial charge in [0.05, 0.1) is 34.6 Å². The molecule has 0 radical (unpaired) electrons. The van der Waals surface area contributed by atoms with Crippen LogP contribution in [0.4, 0.5) is 4.39 Å². The largest absolute Gasteiger partial charge is 0.489 e. The van der Waals surface area contributed by atoms with Crippen LogP contribution in [0.25, 0.3) is 56.0 Å². The number of imidazole rings is 1. The first-order valence-corrected chi connectivity index (χ1v) is 12.9. The van der Waals surface area contributed by atoms with Crippen LogP contribution in [-0.2, 0) is 7.05 Å². The molecule has 39 heavy (non-hydrogen) atoms. The van der Waals surface area contributed by atoms with E-state index in [1.165, 1.54) is 12.1 Å². The van der Waals surface area contributed by atoms with Crippen molar-refractivity contribution in [3.63, 3.8) is 0 Å². The number of nitrogens with one attached hydrogen (secondary N) is 2. The molecule has 1 aromatic carbocycles. The summed E-state index contributed by atoms with van der Waals surface area (Å²) in [6, 6.07) is 12.3. The first kappa shape index (κ1) is 23.4. The number of hydrogen-bond acceptors (Lipinski definition) is 7. The van der Waals surface area contributed by atoms with Crippen LogP contribution in [0.5, 0.6) is 5.75 Å². The van der Waals surface area contributed by atoms with E-state index < -0.39 is 0 Å². The Balaban J connectivity index is 1.28. The van der Waals surface area contributed by atoms with Crippen LogP contribution in [0.15, 0.2) is 67.3 Å². The Morgan fingerprint density at radius 3 is 2.56 bits per heavy atom. The van der Waals surface area contributed by atoms with Crippen LogP contribution in [0, 0.1) is 5.82 Å². The van der Waals surface area contributed by atoms with Gasteiger partial charge in [-0.2, -0.15) is 5.10 Å². The van der Waals surface area contributed by atoms with Gasteiger partial charge in [-0.1, -0.05) is 12.1 Å². The molecule has 6 aromatic rings. The monoisotopic (exact) mass is 520 g/mol. The van der Waals surface area contributed by atoms with Crippen LogP contribution in [0.2, 0.25) is 0 Å². The van der Waals surface area contributed by atoms with E-state index in [0.717, 1.165) is 76.1 Å². The Morgan fingerprint density at radius 2 is 1.72 bits per heavy atom. The lowest BCUT2D eigenvalue weighted by Crippen LogP contribution is -2.34. The van der Waals surface area contributed by atoms with E-state index in [1.54, 1.807) is 41.6 Å². The molecule has 0 spiro atoms. The number of rotatable bonds is 5. The lowest BCUT2D eigenvalue weighted by molar-refractivity contribution is 0.162. The summed E-state index contributed by atoms with van der Waals surface area (Å²) in [6.45, 7) is 1.92. The van der Waals surface area contributed by atoms with E-state index in [2.05, 4.69) is 20.3 Å². The number of aromatic amines is 1. The molecule has 10 heteroatoms. The van der Waals surface area contributed by atoms with Gasteiger partial charge >= 0.3 is 0 Å². The van der Waals surface area contributed by atoms with Gasteiger partial charge in [0.25, 0.3) is 0 Å². The second-order valence-electron chi connectivity index (χ2n) is 9.69. The molecule has 0 saturated carbocycles. The zero-order valence-corrected chi connectivity index (χ0v) is 21.2. The topological polar surface area (TPSA) is 106 Å². The summed E-state index contributed by atoms with van der Waals surface area (Å²) in [4.78, 5) is 22.0. The predicted octanol–water partition coefficient (Wildman–Crippen LogP) is 4.91. The number of halogens is 1. The Hall–Kier alpha value is -4.70. The van der Waals surface area contributed by atoms with Crippen molar-refractivity contribution in [3.05, 3.63) is 73.1 Å². The van der Waals surface area contributed by atoms with Gasteiger partial charge in [0.2, 0.25) is 0 Å². The van der Waals surface area contributed by atoms with Crippen molar-refractivity contribution in [1.29, 1.82) is 0 Å². The third kappa shape index (κ3) is 4.38. The molecule has 5 aromatic heterocycles. The summed E-state index contributed by atoms with van der Waals surface area (Å²) in [5, 5.41) is 8.10. The molecule has 7 rings (SSSR count). The van der Waals surface area contributed by atoms with Crippen LogP contribution in [-0.4, -0.2) is 53.9 Å². The second-order valence-corrected chi connectivity index (χ2v) is 9.69. The number of H-pyrrole nitrogens is 1. The molecule has 0 atom stereocenters. The molecule has 1 aliphatic rings. The van der Waals surface area contributed by atoms with Gasteiger partial charge in [-0.25, -0.2) is 14.4 Å². The molecule has 6 heterocycles. The van der Waals surface area contributed by atoms with Gasteiger partial charge < -0.3 is 15.0 Å². The number of hydrogen-bond donors (Lipinski definition) is 2. The fourth-order valence-electron chi connectivity index (χ4n) is 5.07. The summed E-state index contributed by atoms with van der Waals surface area (Å²) in [6.07, 6.45) is 9.14. The van der Waals surface area contributed by atoms with Crippen LogP contribution in [0.3, 0.4) is 0 Å². The Bertz CT molecular complexity index is 1800.